The quantitative estimate of drug-likeness (QED) is 0.901. The van der Waals surface area contributed by atoms with Gasteiger partial charge in [-0.25, -0.2) is 0 Å². The van der Waals surface area contributed by atoms with Crippen molar-refractivity contribution in [3.05, 3.63) is 28.2 Å². The number of hydrogen-bond acceptors (Lipinski definition) is 3. The molecule has 1 fully saturated rings. The van der Waals surface area contributed by atoms with Crippen LogP contribution in [0.2, 0.25) is 0 Å². The largest absolute Gasteiger partial charge is 0.493 e. The van der Waals surface area contributed by atoms with Gasteiger partial charge in [-0.3, -0.25) is 0 Å². The van der Waals surface area contributed by atoms with E-state index in [0.717, 1.165) is 42.6 Å². The summed E-state index contributed by atoms with van der Waals surface area (Å²) < 4.78 is 6.77. The van der Waals surface area contributed by atoms with E-state index < -0.39 is 0 Å². The standard InChI is InChI=1S/C14H18BrNO2/c15-10-1-2-14-12(7-10)13(3-4-18-14)16-8-9-5-11(17)6-9/h1-2,7,9,11,13,16-17H,3-6,8H2. The summed E-state index contributed by atoms with van der Waals surface area (Å²) in [6.45, 7) is 1.77. The number of fused-ring (bicyclic) bond motifs is 1. The molecular formula is C14H18BrNO2. The first kappa shape index (κ1) is 12.5. The lowest BCUT2D eigenvalue weighted by molar-refractivity contribution is 0.0411. The topological polar surface area (TPSA) is 41.5 Å². The van der Waals surface area contributed by atoms with Gasteiger partial charge in [0.2, 0.25) is 0 Å². The van der Waals surface area contributed by atoms with Gasteiger partial charge in [-0.05, 0) is 43.5 Å². The molecule has 1 heterocycles. The number of benzene rings is 1. The maximum absolute atomic E-state index is 9.30. The monoisotopic (exact) mass is 311 g/mol. The molecule has 1 atom stereocenters. The van der Waals surface area contributed by atoms with Crippen LogP contribution in [0.5, 0.6) is 5.75 Å². The van der Waals surface area contributed by atoms with Crippen LogP contribution in [0.1, 0.15) is 30.9 Å². The maximum Gasteiger partial charge on any atom is 0.124 e. The van der Waals surface area contributed by atoms with Crippen LogP contribution in [0.25, 0.3) is 0 Å². The van der Waals surface area contributed by atoms with Gasteiger partial charge in [0.05, 0.1) is 12.7 Å². The third-order valence-electron chi connectivity index (χ3n) is 3.88. The van der Waals surface area contributed by atoms with E-state index in [9.17, 15) is 5.11 Å². The van der Waals surface area contributed by atoms with E-state index in [1.165, 1.54) is 5.56 Å². The Hall–Kier alpha value is -0.580. The fourth-order valence-electron chi connectivity index (χ4n) is 2.75. The van der Waals surface area contributed by atoms with Crippen LogP contribution in [0.3, 0.4) is 0 Å². The number of hydrogen-bond donors (Lipinski definition) is 2. The summed E-state index contributed by atoms with van der Waals surface area (Å²) in [7, 11) is 0. The molecule has 18 heavy (non-hydrogen) atoms. The fourth-order valence-corrected chi connectivity index (χ4v) is 3.13. The number of aliphatic hydroxyl groups excluding tert-OH is 1. The van der Waals surface area contributed by atoms with E-state index in [-0.39, 0.29) is 6.10 Å². The van der Waals surface area contributed by atoms with Gasteiger partial charge >= 0.3 is 0 Å². The molecule has 3 rings (SSSR count). The molecule has 4 heteroatoms. The lowest BCUT2D eigenvalue weighted by Crippen LogP contribution is -2.38. The molecule has 1 unspecified atom stereocenters. The van der Waals surface area contributed by atoms with Gasteiger partial charge in [-0.2, -0.15) is 0 Å². The zero-order valence-corrected chi connectivity index (χ0v) is 11.8. The van der Waals surface area contributed by atoms with E-state index in [1.807, 2.05) is 12.1 Å². The second-order valence-corrected chi connectivity index (χ2v) is 6.19. The average molecular weight is 312 g/mol. The summed E-state index contributed by atoms with van der Waals surface area (Å²) in [5, 5.41) is 12.9. The molecular weight excluding hydrogens is 294 g/mol. The lowest BCUT2D eigenvalue weighted by atomic mass is 9.82. The predicted octanol–water partition coefficient (Wildman–Crippen LogP) is 2.63. The molecule has 2 aliphatic rings. The van der Waals surface area contributed by atoms with Crippen molar-refractivity contribution < 1.29 is 9.84 Å². The molecule has 1 aliphatic carbocycles. The van der Waals surface area contributed by atoms with Crippen LogP contribution >= 0.6 is 15.9 Å². The molecule has 0 aromatic heterocycles. The average Bonchev–Trinajstić information content (AvgIpc) is 2.33. The Kier molecular flexibility index (Phi) is 3.59. The molecule has 3 nitrogen and oxygen atoms in total. The lowest BCUT2D eigenvalue weighted by Gasteiger charge is -2.34. The van der Waals surface area contributed by atoms with Crippen molar-refractivity contribution in [3.63, 3.8) is 0 Å². The second kappa shape index (κ2) is 5.19. The molecule has 0 bridgehead atoms. The zero-order valence-electron chi connectivity index (χ0n) is 10.2. The number of aliphatic hydroxyl groups is 1. The first-order chi connectivity index (χ1) is 8.72. The van der Waals surface area contributed by atoms with E-state index >= 15 is 0 Å². The van der Waals surface area contributed by atoms with E-state index in [0.29, 0.717) is 12.0 Å². The highest BCUT2D eigenvalue weighted by molar-refractivity contribution is 9.10. The molecule has 0 radical (unpaired) electrons. The van der Waals surface area contributed by atoms with Gasteiger partial charge in [0.15, 0.2) is 0 Å². The number of ether oxygens (including phenoxy) is 1. The summed E-state index contributed by atoms with van der Waals surface area (Å²) in [4.78, 5) is 0. The normalized spacial score (nSPS) is 30.2. The van der Waals surface area contributed by atoms with Gasteiger partial charge < -0.3 is 15.2 Å². The van der Waals surface area contributed by atoms with E-state index in [1.54, 1.807) is 0 Å². The van der Waals surface area contributed by atoms with Crippen molar-refractivity contribution in [1.82, 2.24) is 5.32 Å². The minimum atomic E-state index is -0.0621. The van der Waals surface area contributed by atoms with Crippen molar-refractivity contribution in [1.29, 1.82) is 0 Å². The third kappa shape index (κ3) is 2.56. The first-order valence-corrected chi connectivity index (χ1v) is 7.35. The van der Waals surface area contributed by atoms with Crippen molar-refractivity contribution >= 4 is 15.9 Å². The van der Waals surface area contributed by atoms with Crippen LogP contribution < -0.4 is 10.1 Å². The Morgan fingerprint density at radius 1 is 1.39 bits per heavy atom. The van der Waals surface area contributed by atoms with Crippen molar-refractivity contribution in [2.45, 2.75) is 31.4 Å². The molecule has 98 valence electrons. The van der Waals surface area contributed by atoms with Gasteiger partial charge in [0, 0.05) is 22.5 Å². The SMILES string of the molecule is OC1CC(CNC2CCOc3ccc(Br)cc32)C1. The Balaban J connectivity index is 1.65. The van der Waals surface area contributed by atoms with Crippen molar-refractivity contribution in [2.24, 2.45) is 5.92 Å². The number of halogens is 1. The number of rotatable bonds is 3. The minimum Gasteiger partial charge on any atom is -0.493 e. The van der Waals surface area contributed by atoms with Crippen LogP contribution in [-0.4, -0.2) is 24.4 Å². The Bertz CT molecular complexity index is 432. The molecule has 2 N–H and O–H groups in total. The molecule has 1 aromatic carbocycles. The predicted molar refractivity (Wildman–Crippen MR) is 73.7 cm³/mol. The van der Waals surface area contributed by atoms with E-state index in [4.69, 9.17) is 4.74 Å². The van der Waals surface area contributed by atoms with Crippen LogP contribution in [0, 0.1) is 5.92 Å². The second-order valence-electron chi connectivity index (χ2n) is 5.27. The Labute approximate surface area is 116 Å². The Morgan fingerprint density at radius 3 is 3.00 bits per heavy atom. The molecule has 1 saturated carbocycles. The highest BCUT2D eigenvalue weighted by Gasteiger charge is 2.28. The van der Waals surface area contributed by atoms with Crippen LogP contribution in [0.4, 0.5) is 0 Å². The summed E-state index contributed by atoms with van der Waals surface area (Å²) in [5.74, 6) is 1.63. The van der Waals surface area contributed by atoms with Crippen molar-refractivity contribution in [3.8, 4) is 5.75 Å². The molecule has 1 aliphatic heterocycles. The van der Waals surface area contributed by atoms with Crippen LogP contribution in [0.15, 0.2) is 22.7 Å². The highest BCUT2D eigenvalue weighted by atomic mass is 79.9. The molecule has 0 spiro atoms. The first-order valence-electron chi connectivity index (χ1n) is 6.56. The fraction of sp³-hybridized carbons (Fsp3) is 0.571. The third-order valence-corrected chi connectivity index (χ3v) is 4.37. The van der Waals surface area contributed by atoms with Gasteiger partial charge in [-0.1, -0.05) is 15.9 Å². The van der Waals surface area contributed by atoms with Gasteiger partial charge in [-0.15, -0.1) is 0 Å². The summed E-state index contributed by atoms with van der Waals surface area (Å²) in [5.41, 5.74) is 1.25. The maximum atomic E-state index is 9.30. The molecule has 0 amide bonds. The Morgan fingerprint density at radius 2 is 2.22 bits per heavy atom. The number of nitrogens with one attached hydrogen (secondary N) is 1. The zero-order chi connectivity index (χ0) is 12.5. The summed E-state index contributed by atoms with van der Waals surface area (Å²) in [6.07, 6.45) is 2.84. The molecule has 0 saturated heterocycles. The van der Waals surface area contributed by atoms with E-state index in [2.05, 4.69) is 27.3 Å². The highest BCUT2D eigenvalue weighted by Crippen LogP contribution is 2.35. The van der Waals surface area contributed by atoms with Gasteiger partial charge in [0.25, 0.3) is 0 Å². The molecule has 1 aromatic rings. The summed E-state index contributed by atoms with van der Waals surface area (Å²) >= 11 is 3.51. The van der Waals surface area contributed by atoms with Gasteiger partial charge in [0.1, 0.15) is 5.75 Å². The summed E-state index contributed by atoms with van der Waals surface area (Å²) in [6, 6.07) is 6.56. The van der Waals surface area contributed by atoms with Crippen molar-refractivity contribution in [2.75, 3.05) is 13.2 Å². The smallest absolute Gasteiger partial charge is 0.124 e. The van der Waals surface area contributed by atoms with Crippen LogP contribution in [-0.2, 0) is 0 Å². The minimum absolute atomic E-state index is 0.0621.